The van der Waals surface area contributed by atoms with Gasteiger partial charge in [-0.25, -0.2) is 15.0 Å². The van der Waals surface area contributed by atoms with Gasteiger partial charge in [0.1, 0.15) is 12.0 Å². The number of amides is 1. The van der Waals surface area contributed by atoms with Crippen molar-refractivity contribution in [1.82, 2.24) is 34.3 Å². The van der Waals surface area contributed by atoms with Crippen molar-refractivity contribution in [3.8, 4) is 5.82 Å². The molecule has 0 atom stereocenters. The van der Waals surface area contributed by atoms with E-state index in [4.69, 9.17) is 0 Å². The number of anilines is 3. The third-order valence-corrected chi connectivity index (χ3v) is 7.93. The van der Waals surface area contributed by atoms with Gasteiger partial charge in [0, 0.05) is 68.3 Å². The molecular weight excluding hydrogens is 595 g/mol. The summed E-state index contributed by atoms with van der Waals surface area (Å²) in [6.45, 7) is 12.2. The first kappa shape index (κ1) is 32.6. The summed E-state index contributed by atoms with van der Waals surface area (Å²) < 4.78 is 44.1. The molecule has 5 aromatic rings. The van der Waals surface area contributed by atoms with Gasteiger partial charge in [-0.2, -0.15) is 13.2 Å². The number of carbonyl (C=O) groups is 1. The molecule has 1 amide bonds. The van der Waals surface area contributed by atoms with Crippen LogP contribution in [-0.4, -0.2) is 72.9 Å². The summed E-state index contributed by atoms with van der Waals surface area (Å²) in [7, 11) is 0. The van der Waals surface area contributed by atoms with E-state index in [1.807, 2.05) is 31.7 Å². The largest absolute Gasteiger partial charge is 0.416 e. The van der Waals surface area contributed by atoms with Crippen LogP contribution in [0.2, 0.25) is 0 Å². The summed E-state index contributed by atoms with van der Waals surface area (Å²) in [6.07, 6.45) is 2.06. The van der Waals surface area contributed by atoms with Gasteiger partial charge in [-0.1, -0.05) is 32.9 Å². The molecule has 0 spiro atoms. The number of hydrogen-bond acceptors (Lipinski definition) is 7. The number of aromatic amines is 1. The Morgan fingerprint density at radius 2 is 1.74 bits per heavy atom. The molecule has 13 heteroatoms. The van der Waals surface area contributed by atoms with E-state index in [0.29, 0.717) is 36.2 Å². The zero-order chi connectivity index (χ0) is 32.8. The van der Waals surface area contributed by atoms with Gasteiger partial charge in [0.2, 0.25) is 5.95 Å². The molecule has 1 saturated heterocycles. The van der Waals surface area contributed by atoms with Crippen molar-refractivity contribution in [3.05, 3.63) is 89.6 Å². The quantitative estimate of drug-likeness (QED) is 0.176. The molecule has 3 N–H and O–H groups in total. The fourth-order valence-corrected chi connectivity index (χ4v) is 5.40. The maximum absolute atomic E-state index is 14.1. The Morgan fingerprint density at radius 3 is 2.48 bits per heavy atom. The second-order valence-corrected chi connectivity index (χ2v) is 10.7. The molecule has 2 aromatic carbocycles. The van der Waals surface area contributed by atoms with Crippen molar-refractivity contribution in [1.29, 1.82) is 0 Å². The van der Waals surface area contributed by atoms with Crippen LogP contribution < -0.4 is 10.6 Å². The highest BCUT2D eigenvalue weighted by Gasteiger charge is 2.34. The number of aromatic nitrogens is 5. The molecule has 0 saturated carbocycles. The van der Waals surface area contributed by atoms with Gasteiger partial charge in [0.15, 0.2) is 5.82 Å². The van der Waals surface area contributed by atoms with Crippen LogP contribution in [0.1, 0.15) is 47.8 Å². The zero-order valence-electron chi connectivity index (χ0n) is 26.3. The fraction of sp³-hybridized carbons (Fsp3) is 0.333. The van der Waals surface area contributed by atoms with E-state index in [1.165, 1.54) is 18.5 Å². The number of H-pyrrole nitrogens is 1. The first-order chi connectivity index (χ1) is 22.2. The van der Waals surface area contributed by atoms with Crippen LogP contribution >= 0.6 is 0 Å². The summed E-state index contributed by atoms with van der Waals surface area (Å²) in [5.74, 6) is 0.557. The van der Waals surface area contributed by atoms with Crippen LogP contribution in [-0.2, 0) is 12.7 Å². The third kappa shape index (κ3) is 7.21. The Kier molecular flexibility index (Phi) is 10.0. The Labute approximate surface area is 265 Å². The first-order valence-corrected chi connectivity index (χ1v) is 15.4. The topological polar surface area (TPSA) is 107 Å². The zero-order valence-corrected chi connectivity index (χ0v) is 26.3. The van der Waals surface area contributed by atoms with Crippen molar-refractivity contribution in [3.63, 3.8) is 0 Å². The lowest BCUT2D eigenvalue weighted by Gasteiger charge is -2.34. The van der Waals surface area contributed by atoms with E-state index in [1.54, 1.807) is 41.4 Å². The summed E-state index contributed by atoms with van der Waals surface area (Å²) in [6, 6.07) is 10.9. The number of alkyl halides is 3. The fourth-order valence-electron chi connectivity index (χ4n) is 5.40. The van der Waals surface area contributed by atoms with Gasteiger partial charge in [-0.15, -0.1) is 0 Å². The lowest BCUT2D eigenvalue weighted by Crippen LogP contribution is -2.45. The van der Waals surface area contributed by atoms with Crippen molar-refractivity contribution in [2.24, 2.45) is 0 Å². The standard InChI is InChI=1S/C31H32F3N9O.C2H6/c1-3-41-12-14-42(15-13-41)18-22-6-7-23(17-25(22)31(32,33)34)39-29(44)21-5-4-20(2)26(16-21)40-30-36-10-11-43(30)28-24-8-9-35-27(24)37-19-38-28;1-2/h4-11,16-17,19H,3,12-15,18H2,1-2H3,(H,36,40)(H,39,44)(H,35,37,38);1-2H3. The molecule has 0 aliphatic carbocycles. The predicted molar refractivity (Wildman–Crippen MR) is 174 cm³/mol. The van der Waals surface area contributed by atoms with E-state index < -0.39 is 17.6 Å². The predicted octanol–water partition coefficient (Wildman–Crippen LogP) is 6.63. The number of rotatable bonds is 8. The maximum Gasteiger partial charge on any atom is 0.416 e. The van der Waals surface area contributed by atoms with E-state index >= 15 is 0 Å². The number of imidazole rings is 1. The molecule has 1 aliphatic heterocycles. The van der Waals surface area contributed by atoms with Crippen LogP contribution in [0.3, 0.4) is 0 Å². The number of benzene rings is 2. The average Bonchev–Trinajstić information content (AvgIpc) is 3.73. The molecular formula is C33H38F3N9O. The lowest BCUT2D eigenvalue weighted by molar-refractivity contribution is -0.138. The smallest absolute Gasteiger partial charge is 0.346 e. The number of likely N-dealkylation sites (N-methyl/N-ethyl adjacent to an activating group) is 1. The summed E-state index contributed by atoms with van der Waals surface area (Å²) >= 11 is 0. The summed E-state index contributed by atoms with van der Waals surface area (Å²) in [5.41, 5.74) is 1.93. The Balaban J connectivity index is 0.00000204. The van der Waals surface area contributed by atoms with Gasteiger partial charge in [0.25, 0.3) is 5.91 Å². The number of hydrogen-bond donors (Lipinski definition) is 3. The van der Waals surface area contributed by atoms with Gasteiger partial charge in [-0.05, 0) is 54.9 Å². The average molecular weight is 634 g/mol. The monoisotopic (exact) mass is 633 g/mol. The number of nitrogens with one attached hydrogen (secondary N) is 3. The SMILES string of the molecule is CC.CCN1CCN(Cc2ccc(NC(=O)c3ccc(C)c(Nc4nccn4-c4ncnc5[nH]ccc45)c3)cc2C(F)(F)F)CC1. The normalized spacial score (nSPS) is 14.2. The molecule has 1 fully saturated rings. The van der Waals surface area contributed by atoms with Gasteiger partial charge in [0.05, 0.1) is 10.9 Å². The number of nitrogens with zero attached hydrogens (tertiary/aromatic N) is 6. The van der Waals surface area contributed by atoms with E-state index in [2.05, 4.69) is 42.4 Å². The lowest BCUT2D eigenvalue weighted by atomic mass is 10.0. The molecule has 0 unspecified atom stereocenters. The van der Waals surface area contributed by atoms with Gasteiger partial charge >= 0.3 is 6.18 Å². The number of carbonyl (C=O) groups excluding carboxylic acids is 1. The molecule has 0 bridgehead atoms. The van der Waals surface area contributed by atoms with Crippen LogP contribution in [0, 0.1) is 6.92 Å². The van der Waals surface area contributed by atoms with Gasteiger partial charge in [-0.3, -0.25) is 14.3 Å². The van der Waals surface area contributed by atoms with Crippen LogP contribution in [0.5, 0.6) is 0 Å². The first-order valence-electron chi connectivity index (χ1n) is 15.4. The summed E-state index contributed by atoms with van der Waals surface area (Å²) in [5, 5.41) is 6.72. The second kappa shape index (κ2) is 14.1. The molecule has 6 rings (SSSR count). The molecule has 46 heavy (non-hydrogen) atoms. The Morgan fingerprint density at radius 1 is 0.978 bits per heavy atom. The van der Waals surface area contributed by atoms with Crippen molar-refractivity contribution in [2.75, 3.05) is 43.4 Å². The minimum absolute atomic E-state index is 0.0757. The van der Waals surface area contributed by atoms with Crippen molar-refractivity contribution in [2.45, 2.75) is 40.4 Å². The van der Waals surface area contributed by atoms with Crippen molar-refractivity contribution >= 4 is 34.3 Å². The Hall–Kier alpha value is -4.75. The highest BCUT2D eigenvalue weighted by Crippen LogP contribution is 2.35. The maximum atomic E-state index is 14.1. The second-order valence-electron chi connectivity index (χ2n) is 10.7. The molecule has 4 heterocycles. The van der Waals surface area contributed by atoms with E-state index in [-0.39, 0.29) is 23.4 Å². The molecule has 242 valence electrons. The molecule has 1 aliphatic rings. The number of fused-ring (bicyclic) bond motifs is 1. The summed E-state index contributed by atoms with van der Waals surface area (Å²) in [4.78, 5) is 33.7. The molecule has 0 radical (unpaired) electrons. The Bertz CT molecular complexity index is 1790. The minimum Gasteiger partial charge on any atom is -0.346 e. The highest BCUT2D eigenvalue weighted by molar-refractivity contribution is 6.05. The van der Waals surface area contributed by atoms with Crippen LogP contribution in [0.15, 0.2) is 67.4 Å². The van der Waals surface area contributed by atoms with E-state index in [9.17, 15) is 18.0 Å². The number of aryl methyl sites for hydroxylation is 1. The number of piperazine rings is 1. The van der Waals surface area contributed by atoms with Crippen LogP contribution in [0.4, 0.5) is 30.5 Å². The minimum atomic E-state index is -4.56. The molecule has 3 aromatic heterocycles. The van der Waals surface area contributed by atoms with E-state index in [0.717, 1.165) is 36.7 Å². The third-order valence-electron chi connectivity index (χ3n) is 7.93. The number of halogens is 3. The highest BCUT2D eigenvalue weighted by atomic mass is 19.4. The van der Waals surface area contributed by atoms with Crippen molar-refractivity contribution < 1.29 is 18.0 Å². The van der Waals surface area contributed by atoms with Gasteiger partial charge < -0.3 is 20.5 Å². The van der Waals surface area contributed by atoms with Crippen LogP contribution in [0.25, 0.3) is 16.9 Å². The molecule has 10 nitrogen and oxygen atoms in total.